The summed E-state index contributed by atoms with van der Waals surface area (Å²) in [7, 11) is 0. The standard InChI is InChI=1S/C16H19BrF2/c17-15-7-6-12(13-9-16(18,19)10-13)8-14(15)11-4-2-1-3-5-11/h6-8,11,13H,1-5,9-10H2. The van der Waals surface area contributed by atoms with E-state index in [-0.39, 0.29) is 18.8 Å². The molecule has 0 aliphatic heterocycles. The van der Waals surface area contributed by atoms with E-state index in [0.29, 0.717) is 5.92 Å². The van der Waals surface area contributed by atoms with Crippen LogP contribution < -0.4 is 0 Å². The number of benzene rings is 1. The number of halogens is 3. The zero-order valence-electron chi connectivity index (χ0n) is 11.0. The molecule has 104 valence electrons. The summed E-state index contributed by atoms with van der Waals surface area (Å²) in [5.74, 6) is -1.75. The average molecular weight is 329 g/mol. The summed E-state index contributed by atoms with van der Waals surface area (Å²) in [6.45, 7) is 0. The Labute approximate surface area is 121 Å². The fourth-order valence-corrected chi connectivity index (χ4v) is 4.01. The predicted octanol–water partition coefficient (Wildman–Crippen LogP) is 6.01. The zero-order chi connectivity index (χ0) is 13.5. The number of alkyl halides is 2. The summed E-state index contributed by atoms with van der Waals surface area (Å²) < 4.78 is 27.1. The summed E-state index contributed by atoms with van der Waals surface area (Å²) in [5, 5.41) is 0. The first-order valence-corrected chi connectivity index (χ1v) is 8.02. The highest BCUT2D eigenvalue weighted by atomic mass is 79.9. The molecule has 2 fully saturated rings. The second-order valence-corrected chi connectivity index (χ2v) is 6.93. The topological polar surface area (TPSA) is 0 Å². The highest BCUT2D eigenvalue weighted by Gasteiger charge is 2.45. The molecule has 2 aliphatic rings. The maximum Gasteiger partial charge on any atom is 0.249 e. The van der Waals surface area contributed by atoms with E-state index < -0.39 is 5.92 Å². The van der Waals surface area contributed by atoms with Gasteiger partial charge in [-0.05, 0) is 41.9 Å². The largest absolute Gasteiger partial charge is 0.249 e. The minimum atomic E-state index is -2.43. The predicted molar refractivity (Wildman–Crippen MR) is 76.9 cm³/mol. The molecule has 0 nitrogen and oxygen atoms in total. The molecule has 19 heavy (non-hydrogen) atoms. The average Bonchev–Trinajstić information content (AvgIpc) is 2.37. The maximum absolute atomic E-state index is 13.0. The van der Waals surface area contributed by atoms with Gasteiger partial charge in [0.15, 0.2) is 0 Å². The van der Waals surface area contributed by atoms with Gasteiger partial charge in [0.1, 0.15) is 0 Å². The van der Waals surface area contributed by atoms with E-state index in [9.17, 15) is 8.78 Å². The Morgan fingerprint density at radius 1 is 1.00 bits per heavy atom. The molecule has 0 unspecified atom stereocenters. The molecular weight excluding hydrogens is 310 g/mol. The van der Waals surface area contributed by atoms with Gasteiger partial charge in [0, 0.05) is 17.3 Å². The molecule has 0 saturated heterocycles. The van der Waals surface area contributed by atoms with Gasteiger partial charge in [0.05, 0.1) is 0 Å². The Kier molecular flexibility index (Phi) is 3.67. The van der Waals surface area contributed by atoms with E-state index in [1.807, 2.05) is 6.07 Å². The second-order valence-electron chi connectivity index (χ2n) is 6.08. The minimum absolute atomic E-state index is 0.0265. The molecule has 3 heteroatoms. The molecule has 0 bridgehead atoms. The van der Waals surface area contributed by atoms with Crippen LogP contribution in [0.5, 0.6) is 0 Å². The quantitative estimate of drug-likeness (QED) is 0.623. The first-order valence-electron chi connectivity index (χ1n) is 7.22. The lowest BCUT2D eigenvalue weighted by atomic mass is 9.75. The van der Waals surface area contributed by atoms with Crippen molar-refractivity contribution in [3.8, 4) is 0 Å². The number of hydrogen-bond donors (Lipinski definition) is 0. The minimum Gasteiger partial charge on any atom is -0.207 e. The molecule has 0 spiro atoms. The first-order chi connectivity index (χ1) is 9.05. The van der Waals surface area contributed by atoms with Crippen LogP contribution in [-0.2, 0) is 0 Å². The van der Waals surface area contributed by atoms with Gasteiger partial charge in [0.25, 0.3) is 0 Å². The van der Waals surface area contributed by atoms with Gasteiger partial charge >= 0.3 is 0 Å². The third kappa shape index (κ3) is 2.86. The molecule has 0 radical (unpaired) electrons. The van der Waals surface area contributed by atoms with E-state index in [1.165, 1.54) is 37.7 Å². The third-order valence-electron chi connectivity index (χ3n) is 4.63. The van der Waals surface area contributed by atoms with Gasteiger partial charge in [-0.2, -0.15) is 0 Å². The van der Waals surface area contributed by atoms with Crippen molar-refractivity contribution in [3.63, 3.8) is 0 Å². The first kappa shape index (κ1) is 13.5. The Bertz CT molecular complexity index is 456. The molecule has 0 amide bonds. The summed E-state index contributed by atoms with van der Waals surface area (Å²) in [5.41, 5.74) is 2.45. The van der Waals surface area contributed by atoms with Crippen LogP contribution in [-0.4, -0.2) is 5.92 Å². The molecule has 0 aromatic heterocycles. The molecule has 3 rings (SSSR count). The van der Waals surface area contributed by atoms with Crippen LogP contribution in [0.2, 0.25) is 0 Å². The molecule has 0 atom stereocenters. The summed E-state index contributed by atoms with van der Waals surface area (Å²) in [6, 6.07) is 6.24. The van der Waals surface area contributed by atoms with E-state index in [0.717, 1.165) is 10.0 Å². The lowest BCUT2D eigenvalue weighted by Crippen LogP contribution is -2.33. The Balaban J connectivity index is 1.80. The van der Waals surface area contributed by atoms with E-state index >= 15 is 0 Å². The van der Waals surface area contributed by atoms with Crippen molar-refractivity contribution in [2.45, 2.75) is 62.7 Å². The number of rotatable bonds is 2. The van der Waals surface area contributed by atoms with Crippen LogP contribution in [0.4, 0.5) is 8.78 Å². The maximum atomic E-state index is 13.0. The fourth-order valence-electron chi connectivity index (χ4n) is 3.44. The molecule has 2 saturated carbocycles. The molecule has 0 heterocycles. The lowest BCUT2D eigenvalue weighted by molar-refractivity contribution is -0.0867. The van der Waals surface area contributed by atoms with Crippen molar-refractivity contribution >= 4 is 15.9 Å². The van der Waals surface area contributed by atoms with Gasteiger partial charge in [-0.3, -0.25) is 0 Å². The zero-order valence-corrected chi connectivity index (χ0v) is 12.6. The van der Waals surface area contributed by atoms with Crippen LogP contribution >= 0.6 is 15.9 Å². The summed E-state index contributed by atoms with van der Waals surface area (Å²) >= 11 is 3.63. The van der Waals surface area contributed by atoms with Crippen molar-refractivity contribution in [1.82, 2.24) is 0 Å². The highest BCUT2D eigenvalue weighted by Crippen LogP contribution is 2.49. The van der Waals surface area contributed by atoms with Crippen molar-refractivity contribution in [2.75, 3.05) is 0 Å². The van der Waals surface area contributed by atoms with Crippen molar-refractivity contribution < 1.29 is 8.78 Å². The van der Waals surface area contributed by atoms with Crippen molar-refractivity contribution in [2.24, 2.45) is 0 Å². The Morgan fingerprint density at radius 3 is 2.32 bits per heavy atom. The highest BCUT2D eigenvalue weighted by molar-refractivity contribution is 9.10. The number of hydrogen-bond acceptors (Lipinski definition) is 0. The van der Waals surface area contributed by atoms with Crippen LogP contribution in [0.15, 0.2) is 22.7 Å². The van der Waals surface area contributed by atoms with Gasteiger partial charge in [-0.25, -0.2) is 8.78 Å². The summed E-state index contributed by atoms with van der Waals surface area (Å²) in [6.07, 6.45) is 6.46. The van der Waals surface area contributed by atoms with Crippen LogP contribution in [0.3, 0.4) is 0 Å². The molecule has 2 aliphatic carbocycles. The fraction of sp³-hybridized carbons (Fsp3) is 0.625. The third-order valence-corrected chi connectivity index (χ3v) is 5.35. The van der Waals surface area contributed by atoms with Gasteiger partial charge in [-0.15, -0.1) is 0 Å². The van der Waals surface area contributed by atoms with Gasteiger partial charge < -0.3 is 0 Å². The smallest absolute Gasteiger partial charge is 0.207 e. The Morgan fingerprint density at radius 2 is 1.68 bits per heavy atom. The molecule has 0 N–H and O–H groups in total. The SMILES string of the molecule is FC1(F)CC(c2ccc(Br)c(C3CCCCC3)c2)C1. The molecular formula is C16H19BrF2. The molecule has 1 aromatic carbocycles. The molecule has 1 aromatic rings. The van der Waals surface area contributed by atoms with Crippen LogP contribution in [0.1, 0.15) is 67.9 Å². The van der Waals surface area contributed by atoms with Crippen molar-refractivity contribution in [3.05, 3.63) is 33.8 Å². The van der Waals surface area contributed by atoms with Gasteiger partial charge in [0.2, 0.25) is 5.92 Å². The monoisotopic (exact) mass is 328 g/mol. The van der Waals surface area contributed by atoms with Crippen molar-refractivity contribution in [1.29, 1.82) is 0 Å². The lowest BCUT2D eigenvalue weighted by Gasteiger charge is -2.36. The van der Waals surface area contributed by atoms with E-state index in [4.69, 9.17) is 0 Å². The van der Waals surface area contributed by atoms with E-state index in [1.54, 1.807) is 0 Å². The normalized spacial score (nSPS) is 24.2. The van der Waals surface area contributed by atoms with Crippen LogP contribution in [0, 0.1) is 0 Å². The summed E-state index contributed by atoms with van der Waals surface area (Å²) in [4.78, 5) is 0. The second kappa shape index (κ2) is 5.16. The van der Waals surface area contributed by atoms with Gasteiger partial charge in [-0.1, -0.05) is 47.3 Å². The van der Waals surface area contributed by atoms with E-state index in [2.05, 4.69) is 28.1 Å². The van der Waals surface area contributed by atoms with Crippen LogP contribution in [0.25, 0.3) is 0 Å². The Hall–Kier alpha value is -0.440.